The largest absolute Gasteiger partial charge is 0.293 e. The number of halogens is 1. The second-order valence-corrected chi connectivity index (χ2v) is 7.21. The number of fused-ring (bicyclic) bond motifs is 1. The molecule has 0 radical (unpaired) electrons. The minimum atomic E-state index is 0.620. The first kappa shape index (κ1) is 12.7. The minimum Gasteiger partial charge on any atom is -0.293 e. The van der Waals surface area contributed by atoms with Crippen molar-refractivity contribution in [3.8, 4) is 0 Å². The first-order chi connectivity index (χ1) is 9.78. The Kier molecular flexibility index (Phi) is 3.21. The molecule has 3 heterocycles. The lowest BCUT2D eigenvalue weighted by atomic mass is 10.1. The number of thiazole rings is 1. The Morgan fingerprint density at radius 1 is 1.30 bits per heavy atom. The van der Waals surface area contributed by atoms with Crippen LogP contribution < -0.4 is 0 Å². The van der Waals surface area contributed by atoms with Gasteiger partial charge in [0.2, 0.25) is 0 Å². The number of rotatable bonds is 3. The molecule has 4 rings (SSSR count). The van der Waals surface area contributed by atoms with Crippen molar-refractivity contribution in [1.29, 1.82) is 0 Å². The molecule has 0 saturated heterocycles. The molecule has 104 valence electrons. The normalized spacial score (nSPS) is 19.1. The Balaban J connectivity index is 1.48. The van der Waals surface area contributed by atoms with E-state index in [-0.39, 0.29) is 0 Å². The van der Waals surface area contributed by atoms with Crippen molar-refractivity contribution in [3.05, 3.63) is 38.8 Å². The van der Waals surface area contributed by atoms with Gasteiger partial charge in [-0.15, -0.1) is 11.3 Å². The van der Waals surface area contributed by atoms with Crippen molar-refractivity contribution < 1.29 is 0 Å². The summed E-state index contributed by atoms with van der Waals surface area (Å²) in [5, 5.41) is 0. The fourth-order valence-electron chi connectivity index (χ4n) is 2.64. The van der Waals surface area contributed by atoms with E-state index < -0.39 is 0 Å². The third kappa shape index (κ3) is 2.57. The molecule has 1 fully saturated rings. The topological polar surface area (TPSA) is 41.9 Å². The van der Waals surface area contributed by atoms with Gasteiger partial charge in [0, 0.05) is 60.5 Å². The summed E-state index contributed by atoms with van der Waals surface area (Å²) in [6.07, 6.45) is 7.44. The van der Waals surface area contributed by atoms with Crippen molar-refractivity contribution in [2.45, 2.75) is 38.3 Å². The predicted octanol–water partition coefficient (Wildman–Crippen LogP) is 3.02. The average molecular weight is 307 g/mol. The van der Waals surface area contributed by atoms with Crippen molar-refractivity contribution in [1.82, 2.24) is 19.9 Å². The van der Waals surface area contributed by atoms with Gasteiger partial charge in [0.05, 0.1) is 0 Å². The van der Waals surface area contributed by atoms with Gasteiger partial charge in [-0.2, -0.15) is 0 Å². The monoisotopic (exact) mass is 306 g/mol. The Morgan fingerprint density at radius 3 is 2.95 bits per heavy atom. The molecule has 20 heavy (non-hydrogen) atoms. The second-order valence-electron chi connectivity index (χ2n) is 5.51. The molecule has 0 amide bonds. The van der Waals surface area contributed by atoms with E-state index >= 15 is 0 Å². The van der Waals surface area contributed by atoms with Crippen LogP contribution >= 0.6 is 22.9 Å². The fraction of sp³-hybridized carbons (Fsp3) is 0.500. The first-order valence-corrected chi connectivity index (χ1v) is 8.14. The van der Waals surface area contributed by atoms with Gasteiger partial charge in [-0.3, -0.25) is 4.90 Å². The zero-order chi connectivity index (χ0) is 13.5. The summed E-state index contributed by atoms with van der Waals surface area (Å²) in [5.74, 6) is 1.70. The van der Waals surface area contributed by atoms with Crippen molar-refractivity contribution in [3.63, 3.8) is 0 Å². The quantitative estimate of drug-likeness (QED) is 0.874. The predicted molar refractivity (Wildman–Crippen MR) is 78.9 cm³/mol. The highest BCUT2D eigenvalue weighted by Gasteiger charge is 2.28. The van der Waals surface area contributed by atoms with Gasteiger partial charge in [-0.05, 0) is 12.8 Å². The van der Waals surface area contributed by atoms with Crippen molar-refractivity contribution in [2.24, 2.45) is 0 Å². The summed E-state index contributed by atoms with van der Waals surface area (Å²) < 4.78 is 0.620. The summed E-state index contributed by atoms with van der Waals surface area (Å²) in [6.45, 7) is 2.88. The van der Waals surface area contributed by atoms with Crippen molar-refractivity contribution >= 4 is 22.9 Å². The van der Waals surface area contributed by atoms with Crippen LogP contribution in [0.15, 0.2) is 12.4 Å². The maximum atomic E-state index is 5.88. The highest BCUT2D eigenvalue weighted by atomic mass is 35.5. The molecular formula is C14H15ClN4S. The Labute approximate surface area is 126 Å². The van der Waals surface area contributed by atoms with Crippen LogP contribution in [0, 0.1) is 0 Å². The van der Waals surface area contributed by atoms with E-state index in [0.717, 1.165) is 31.9 Å². The van der Waals surface area contributed by atoms with E-state index in [0.29, 0.717) is 10.4 Å². The van der Waals surface area contributed by atoms with E-state index in [1.165, 1.54) is 29.0 Å². The Bertz CT molecular complexity index is 638. The Morgan fingerprint density at radius 2 is 2.20 bits per heavy atom. The van der Waals surface area contributed by atoms with E-state index in [1.54, 1.807) is 11.3 Å². The molecule has 2 aromatic rings. The molecule has 0 aromatic carbocycles. The molecule has 1 aliphatic carbocycles. The summed E-state index contributed by atoms with van der Waals surface area (Å²) in [5.41, 5.74) is 2.52. The van der Waals surface area contributed by atoms with Crippen LogP contribution in [0.1, 0.15) is 40.7 Å². The smallest absolute Gasteiger partial charge is 0.183 e. The highest BCUT2D eigenvalue weighted by Crippen LogP contribution is 2.38. The standard InChI is InChI=1S/C14H15ClN4S/c15-14-17-6-11(20-14)8-19-4-3-12-10(7-19)5-16-13(18-12)9-1-2-9/h5-6,9H,1-4,7-8H2. The lowest BCUT2D eigenvalue weighted by Crippen LogP contribution is -2.30. The van der Waals surface area contributed by atoms with Gasteiger partial charge in [0.1, 0.15) is 5.82 Å². The third-order valence-corrected chi connectivity index (χ3v) is 4.98. The fourth-order valence-corrected chi connectivity index (χ4v) is 3.66. The van der Waals surface area contributed by atoms with Gasteiger partial charge >= 0.3 is 0 Å². The summed E-state index contributed by atoms with van der Waals surface area (Å²) in [4.78, 5) is 17.0. The number of hydrogen-bond acceptors (Lipinski definition) is 5. The van der Waals surface area contributed by atoms with E-state index in [4.69, 9.17) is 16.6 Å². The molecule has 2 aromatic heterocycles. The van der Waals surface area contributed by atoms with E-state index in [2.05, 4.69) is 14.9 Å². The maximum absolute atomic E-state index is 5.88. The van der Waals surface area contributed by atoms with Gasteiger partial charge in [0.25, 0.3) is 0 Å². The molecule has 0 atom stereocenters. The molecule has 0 N–H and O–H groups in total. The van der Waals surface area contributed by atoms with Gasteiger partial charge < -0.3 is 0 Å². The number of hydrogen-bond donors (Lipinski definition) is 0. The SMILES string of the molecule is Clc1ncc(CN2CCc3nc(C4CC4)ncc3C2)s1. The van der Waals surface area contributed by atoms with Crippen LogP contribution in [-0.2, 0) is 19.5 Å². The first-order valence-electron chi connectivity index (χ1n) is 6.95. The zero-order valence-electron chi connectivity index (χ0n) is 11.0. The van der Waals surface area contributed by atoms with Crippen LogP contribution in [0.3, 0.4) is 0 Å². The molecule has 0 spiro atoms. The molecule has 0 unspecified atom stereocenters. The molecule has 4 nitrogen and oxygen atoms in total. The van der Waals surface area contributed by atoms with E-state index in [1.807, 2.05) is 12.4 Å². The highest BCUT2D eigenvalue weighted by molar-refractivity contribution is 7.15. The van der Waals surface area contributed by atoms with E-state index in [9.17, 15) is 0 Å². The molecule has 1 aliphatic heterocycles. The summed E-state index contributed by atoms with van der Waals surface area (Å²) in [6, 6.07) is 0. The van der Waals surface area contributed by atoms with Crippen molar-refractivity contribution in [2.75, 3.05) is 6.54 Å². The maximum Gasteiger partial charge on any atom is 0.183 e. The second kappa shape index (κ2) is 5.06. The Hall–Kier alpha value is -1.04. The average Bonchev–Trinajstić information content (AvgIpc) is 3.22. The third-order valence-electron chi connectivity index (χ3n) is 3.88. The molecule has 6 heteroatoms. The molecule has 1 saturated carbocycles. The lowest BCUT2D eigenvalue weighted by molar-refractivity contribution is 0.244. The van der Waals surface area contributed by atoms with Gasteiger partial charge in [-0.1, -0.05) is 11.6 Å². The lowest BCUT2D eigenvalue weighted by Gasteiger charge is -2.27. The van der Waals surface area contributed by atoms with Crippen LogP contribution in [0.2, 0.25) is 4.47 Å². The van der Waals surface area contributed by atoms with Crippen LogP contribution in [0.4, 0.5) is 0 Å². The summed E-state index contributed by atoms with van der Waals surface area (Å²) >= 11 is 7.44. The number of aromatic nitrogens is 3. The summed E-state index contributed by atoms with van der Waals surface area (Å²) in [7, 11) is 0. The molecule has 0 bridgehead atoms. The zero-order valence-corrected chi connectivity index (χ0v) is 12.6. The minimum absolute atomic E-state index is 0.620. The van der Waals surface area contributed by atoms with Crippen LogP contribution in [0.5, 0.6) is 0 Å². The van der Waals surface area contributed by atoms with Crippen LogP contribution in [-0.4, -0.2) is 26.4 Å². The number of nitrogens with zero attached hydrogens (tertiary/aromatic N) is 4. The van der Waals surface area contributed by atoms with Gasteiger partial charge in [-0.25, -0.2) is 15.0 Å². The van der Waals surface area contributed by atoms with Crippen LogP contribution in [0.25, 0.3) is 0 Å². The molecule has 2 aliphatic rings. The van der Waals surface area contributed by atoms with Gasteiger partial charge in [0.15, 0.2) is 4.47 Å². The molecular weight excluding hydrogens is 292 g/mol.